The zero-order chi connectivity index (χ0) is 20.1. The molecule has 0 atom stereocenters. The Morgan fingerprint density at radius 3 is 2.80 bits per heavy atom. The van der Waals surface area contributed by atoms with Crippen LogP contribution in [0.2, 0.25) is 0 Å². The number of nitrogens with zero attached hydrogens (tertiary/aromatic N) is 5. The summed E-state index contributed by atoms with van der Waals surface area (Å²) < 4.78 is 2.17. The first-order chi connectivity index (χ1) is 14.2. The SMILES string of the molecule is CN=C(NCc1nccn1Cc1ccccc1)N(C)Cc1nc2c(s1)CCCC2.I. The van der Waals surface area contributed by atoms with E-state index < -0.39 is 0 Å². The Kier molecular flexibility index (Phi) is 8.26. The van der Waals surface area contributed by atoms with Crippen LogP contribution in [0, 0.1) is 0 Å². The minimum absolute atomic E-state index is 0. The van der Waals surface area contributed by atoms with Gasteiger partial charge in [0.15, 0.2) is 5.96 Å². The molecule has 0 bridgehead atoms. The Balaban J connectivity index is 0.00000256. The van der Waals surface area contributed by atoms with Crippen LogP contribution in [0.1, 0.15) is 39.8 Å². The zero-order valence-electron chi connectivity index (χ0n) is 17.5. The molecule has 1 aliphatic carbocycles. The van der Waals surface area contributed by atoms with Crippen molar-refractivity contribution in [2.24, 2.45) is 4.99 Å². The lowest BCUT2D eigenvalue weighted by Gasteiger charge is -2.21. The summed E-state index contributed by atoms with van der Waals surface area (Å²) in [6, 6.07) is 10.4. The summed E-state index contributed by atoms with van der Waals surface area (Å²) >= 11 is 1.86. The van der Waals surface area contributed by atoms with Crippen molar-refractivity contribution >= 4 is 41.3 Å². The van der Waals surface area contributed by atoms with Gasteiger partial charge in [0.2, 0.25) is 0 Å². The van der Waals surface area contributed by atoms with E-state index in [-0.39, 0.29) is 24.0 Å². The highest BCUT2D eigenvalue weighted by molar-refractivity contribution is 14.0. The Morgan fingerprint density at radius 1 is 1.23 bits per heavy atom. The van der Waals surface area contributed by atoms with Gasteiger partial charge in [-0.15, -0.1) is 35.3 Å². The van der Waals surface area contributed by atoms with E-state index in [1.165, 1.54) is 40.4 Å². The second-order valence-electron chi connectivity index (χ2n) is 7.40. The molecule has 3 aromatic rings. The molecule has 0 fully saturated rings. The summed E-state index contributed by atoms with van der Waals surface area (Å²) in [6.07, 6.45) is 8.76. The van der Waals surface area contributed by atoms with Crippen molar-refractivity contribution < 1.29 is 0 Å². The van der Waals surface area contributed by atoms with E-state index in [1.807, 2.05) is 36.8 Å². The quantitative estimate of drug-likeness (QED) is 0.293. The van der Waals surface area contributed by atoms with E-state index in [9.17, 15) is 0 Å². The van der Waals surface area contributed by atoms with Gasteiger partial charge in [-0.2, -0.15) is 0 Å². The van der Waals surface area contributed by atoms with E-state index >= 15 is 0 Å². The van der Waals surface area contributed by atoms with Gasteiger partial charge in [-0.1, -0.05) is 30.3 Å². The average molecular weight is 536 g/mol. The maximum absolute atomic E-state index is 4.86. The van der Waals surface area contributed by atoms with Gasteiger partial charge in [0, 0.05) is 37.9 Å². The fourth-order valence-corrected chi connectivity index (χ4v) is 4.94. The normalized spacial score (nSPS) is 13.5. The number of hydrogen-bond acceptors (Lipinski definition) is 4. The van der Waals surface area contributed by atoms with E-state index in [0.717, 1.165) is 31.3 Å². The molecule has 8 heteroatoms. The second-order valence-corrected chi connectivity index (χ2v) is 8.57. The van der Waals surface area contributed by atoms with Crippen LogP contribution < -0.4 is 5.32 Å². The van der Waals surface area contributed by atoms with Crippen LogP contribution in [-0.4, -0.2) is 39.5 Å². The lowest BCUT2D eigenvalue weighted by molar-refractivity contribution is 0.472. The standard InChI is InChI=1S/C22H28N6S.HI/c1-23-22(27(2)16-21-26-18-10-6-7-11-19(18)29-21)25-14-20-24-12-13-28(20)15-17-8-4-3-5-9-17;/h3-5,8-9,12-13H,6-7,10-11,14-16H2,1-2H3,(H,23,25);1H. The third-order valence-corrected chi connectivity index (χ3v) is 6.38. The van der Waals surface area contributed by atoms with Gasteiger partial charge in [-0.25, -0.2) is 9.97 Å². The fourth-order valence-electron chi connectivity index (χ4n) is 3.73. The Morgan fingerprint density at radius 2 is 2.03 bits per heavy atom. The highest BCUT2D eigenvalue weighted by Crippen LogP contribution is 2.27. The summed E-state index contributed by atoms with van der Waals surface area (Å²) in [4.78, 5) is 17.4. The second kappa shape index (κ2) is 10.9. The van der Waals surface area contributed by atoms with Crippen molar-refractivity contribution in [1.82, 2.24) is 24.8 Å². The third-order valence-electron chi connectivity index (χ3n) is 5.24. The van der Waals surface area contributed by atoms with Gasteiger partial charge < -0.3 is 14.8 Å². The van der Waals surface area contributed by atoms with Crippen molar-refractivity contribution in [2.75, 3.05) is 14.1 Å². The molecular weight excluding hydrogens is 507 g/mol. The molecule has 2 heterocycles. The van der Waals surface area contributed by atoms with Crippen molar-refractivity contribution in [1.29, 1.82) is 0 Å². The van der Waals surface area contributed by atoms with Crippen LogP contribution in [0.25, 0.3) is 0 Å². The van der Waals surface area contributed by atoms with Crippen molar-refractivity contribution in [3.05, 3.63) is 69.7 Å². The molecule has 0 saturated carbocycles. The Hall–Kier alpha value is -1.94. The van der Waals surface area contributed by atoms with Gasteiger partial charge >= 0.3 is 0 Å². The van der Waals surface area contributed by atoms with Gasteiger partial charge in [0.05, 0.1) is 18.8 Å². The number of benzene rings is 1. The number of nitrogens with one attached hydrogen (secondary N) is 1. The lowest BCUT2D eigenvalue weighted by Crippen LogP contribution is -2.38. The predicted octanol–water partition coefficient (Wildman–Crippen LogP) is 4.09. The molecule has 160 valence electrons. The number of hydrogen-bond donors (Lipinski definition) is 1. The number of aromatic nitrogens is 3. The van der Waals surface area contributed by atoms with Crippen LogP contribution in [0.15, 0.2) is 47.7 Å². The summed E-state index contributed by atoms with van der Waals surface area (Å²) in [6.45, 7) is 2.22. The minimum Gasteiger partial charge on any atom is -0.349 e. The minimum atomic E-state index is 0. The third kappa shape index (κ3) is 5.60. The predicted molar refractivity (Wildman–Crippen MR) is 134 cm³/mol. The lowest BCUT2D eigenvalue weighted by atomic mass is 10.0. The average Bonchev–Trinajstić information content (AvgIpc) is 3.35. The summed E-state index contributed by atoms with van der Waals surface area (Å²) in [5, 5.41) is 4.62. The number of guanidine groups is 1. The molecule has 0 aliphatic heterocycles. The summed E-state index contributed by atoms with van der Waals surface area (Å²) in [7, 11) is 3.88. The monoisotopic (exact) mass is 536 g/mol. The molecule has 2 aromatic heterocycles. The topological polar surface area (TPSA) is 58.3 Å². The molecule has 0 unspecified atom stereocenters. The van der Waals surface area contributed by atoms with Crippen molar-refractivity contribution in [2.45, 2.75) is 45.3 Å². The number of imidazole rings is 1. The molecule has 30 heavy (non-hydrogen) atoms. The van der Waals surface area contributed by atoms with Gasteiger partial charge in [-0.3, -0.25) is 4.99 Å². The molecule has 1 N–H and O–H groups in total. The molecule has 1 aliphatic rings. The van der Waals surface area contributed by atoms with E-state index in [2.05, 4.69) is 56.1 Å². The molecule has 0 amide bonds. The maximum atomic E-state index is 4.86. The maximum Gasteiger partial charge on any atom is 0.194 e. The molecular formula is C22H29IN6S. The van der Waals surface area contributed by atoms with Crippen molar-refractivity contribution in [3.8, 4) is 0 Å². The summed E-state index contributed by atoms with van der Waals surface area (Å²) in [5.41, 5.74) is 2.58. The molecule has 1 aromatic carbocycles. The van der Waals surface area contributed by atoms with Crippen LogP contribution >= 0.6 is 35.3 Å². The number of halogens is 1. The molecule has 6 nitrogen and oxygen atoms in total. The van der Waals surface area contributed by atoms with Crippen molar-refractivity contribution in [3.63, 3.8) is 0 Å². The smallest absolute Gasteiger partial charge is 0.194 e. The number of aliphatic imine (C=N–C) groups is 1. The Bertz CT molecular complexity index is 942. The highest BCUT2D eigenvalue weighted by Gasteiger charge is 2.17. The Labute approximate surface area is 199 Å². The van der Waals surface area contributed by atoms with Gasteiger partial charge in [0.25, 0.3) is 0 Å². The molecule has 0 spiro atoms. The number of thiazole rings is 1. The van der Waals surface area contributed by atoms with E-state index in [0.29, 0.717) is 6.54 Å². The first kappa shape index (κ1) is 22.7. The van der Waals surface area contributed by atoms with E-state index in [4.69, 9.17) is 4.98 Å². The van der Waals surface area contributed by atoms with Crippen LogP contribution in [0.3, 0.4) is 0 Å². The van der Waals surface area contributed by atoms with Gasteiger partial charge in [0.1, 0.15) is 10.8 Å². The fraction of sp³-hybridized carbons (Fsp3) is 0.409. The first-order valence-corrected chi connectivity index (χ1v) is 11.0. The summed E-state index contributed by atoms with van der Waals surface area (Å²) in [5.74, 6) is 1.85. The molecule has 0 saturated heterocycles. The largest absolute Gasteiger partial charge is 0.349 e. The molecule has 4 rings (SSSR count). The van der Waals surface area contributed by atoms with Crippen LogP contribution in [-0.2, 0) is 32.5 Å². The van der Waals surface area contributed by atoms with Gasteiger partial charge in [-0.05, 0) is 31.2 Å². The number of fused-ring (bicyclic) bond motifs is 1. The zero-order valence-corrected chi connectivity index (χ0v) is 20.7. The highest BCUT2D eigenvalue weighted by atomic mass is 127. The number of aryl methyl sites for hydroxylation is 2. The number of rotatable bonds is 6. The first-order valence-electron chi connectivity index (χ1n) is 10.2. The molecule has 0 radical (unpaired) electrons. The van der Waals surface area contributed by atoms with Crippen LogP contribution in [0.5, 0.6) is 0 Å². The van der Waals surface area contributed by atoms with Crippen LogP contribution in [0.4, 0.5) is 0 Å². The van der Waals surface area contributed by atoms with E-state index in [1.54, 1.807) is 0 Å².